The molecule has 2 rings (SSSR count). The van der Waals surface area contributed by atoms with Gasteiger partial charge in [-0.1, -0.05) is 24.4 Å². The van der Waals surface area contributed by atoms with Crippen molar-refractivity contribution in [1.29, 1.82) is 0 Å². The Labute approximate surface area is 128 Å². The van der Waals surface area contributed by atoms with Crippen LogP contribution >= 0.6 is 23.6 Å². The van der Waals surface area contributed by atoms with Gasteiger partial charge in [0, 0.05) is 16.2 Å². The third-order valence-electron chi connectivity index (χ3n) is 2.67. The minimum atomic E-state index is 0.667. The predicted molar refractivity (Wildman–Crippen MR) is 89.1 cm³/mol. The number of nitrogens with zero attached hydrogens (tertiary/aromatic N) is 1. The fourth-order valence-corrected chi connectivity index (χ4v) is 2.63. The number of ether oxygens (including phenoxy) is 1. The fraction of sp³-hybridized carbons (Fsp3) is 0.200. The van der Waals surface area contributed by atoms with E-state index in [1.54, 1.807) is 24.7 Å². The van der Waals surface area contributed by atoms with Crippen molar-refractivity contribution in [3.63, 3.8) is 0 Å². The molecule has 5 heteroatoms. The van der Waals surface area contributed by atoms with E-state index in [4.69, 9.17) is 17.0 Å². The highest BCUT2D eigenvalue weighted by Gasteiger charge is 1.99. The summed E-state index contributed by atoms with van der Waals surface area (Å²) in [7, 11) is 1.65. The molecule has 1 aromatic carbocycles. The lowest BCUT2D eigenvalue weighted by molar-refractivity contribution is 0.414. The molecule has 0 saturated heterocycles. The van der Waals surface area contributed by atoms with Crippen LogP contribution in [0.2, 0.25) is 0 Å². The van der Waals surface area contributed by atoms with Gasteiger partial charge in [0.15, 0.2) is 0 Å². The van der Waals surface area contributed by atoms with Gasteiger partial charge in [0.1, 0.15) is 10.7 Å². The lowest BCUT2D eigenvalue weighted by Crippen LogP contribution is -2.17. The monoisotopic (exact) mass is 304 g/mol. The largest absolute Gasteiger partial charge is 0.497 e. The Bertz CT molecular complexity index is 603. The molecule has 1 aromatic heterocycles. The van der Waals surface area contributed by atoms with Crippen molar-refractivity contribution in [2.24, 2.45) is 5.10 Å². The van der Waals surface area contributed by atoms with Crippen molar-refractivity contribution >= 4 is 34.8 Å². The normalized spacial score (nSPS) is 10.7. The summed E-state index contributed by atoms with van der Waals surface area (Å²) in [5.74, 6) is 0.846. The van der Waals surface area contributed by atoms with Gasteiger partial charge >= 0.3 is 0 Å². The molecule has 0 fully saturated rings. The Kier molecular flexibility index (Phi) is 5.26. The van der Waals surface area contributed by atoms with Crippen LogP contribution in [-0.4, -0.2) is 18.3 Å². The number of aryl methyl sites for hydroxylation is 1. The number of thiophene rings is 1. The van der Waals surface area contributed by atoms with Crippen molar-refractivity contribution in [3.8, 4) is 5.75 Å². The lowest BCUT2D eigenvalue weighted by Gasteiger charge is -2.04. The average Bonchev–Trinajstić information content (AvgIpc) is 2.85. The molecule has 104 valence electrons. The minimum Gasteiger partial charge on any atom is -0.497 e. The summed E-state index contributed by atoms with van der Waals surface area (Å²) in [5, 5.41) is 4.15. The lowest BCUT2D eigenvalue weighted by atomic mass is 10.1. The van der Waals surface area contributed by atoms with Crippen molar-refractivity contribution in [3.05, 3.63) is 51.7 Å². The third-order valence-corrected chi connectivity index (χ3v) is 3.84. The Morgan fingerprint density at radius 1 is 1.30 bits per heavy atom. The zero-order valence-electron chi connectivity index (χ0n) is 11.4. The van der Waals surface area contributed by atoms with Crippen LogP contribution in [0.5, 0.6) is 5.75 Å². The predicted octanol–water partition coefficient (Wildman–Crippen LogP) is 3.56. The molecule has 0 unspecified atom stereocenters. The Balaban J connectivity index is 1.84. The first kappa shape index (κ1) is 14.7. The van der Waals surface area contributed by atoms with Gasteiger partial charge < -0.3 is 4.74 Å². The molecule has 0 spiro atoms. The van der Waals surface area contributed by atoms with Gasteiger partial charge in [-0.25, -0.2) is 0 Å². The molecule has 1 N–H and O–H groups in total. The fourth-order valence-electron chi connectivity index (χ4n) is 1.66. The number of hydrogen-bond donors (Lipinski definition) is 1. The second-order valence-electron chi connectivity index (χ2n) is 4.27. The zero-order valence-corrected chi connectivity index (χ0v) is 13.1. The quantitative estimate of drug-likeness (QED) is 0.521. The van der Waals surface area contributed by atoms with Crippen molar-refractivity contribution in [2.75, 3.05) is 7.11 Å². The highest BCUT2D eigenvalue weighted by molar-refractivity contribution is 7.80. The highest BCUT2D eigenvalue weighted by Crippen LogP contribution is 2.13. The molecule has 0 aliphatic carbocycles. The van der Waals surface area contributed by atoms with Gasteiger partial charge in [0.05, 0.1) is 13.3 Å². The molecule has 1 heterocycles. The molecule has 20 heavy (non-hydrogen) atoms. The van der Waals surface area contributed by atoms with Crippen LogP contribution in [0.3, 0.4) is 0 Å². The molecular formula is C15H16N2OS2. The summed E-state index contributed by atoms with van der Waals surface area (Å²) in [5.41, 5.74) is 4.02. The topological polar surface area (TPSA) is 33.6 Å². The minimum absolute atomic E-state index is 0.667. The molecular weight excluding hydrogens is 288 g/mol. The molecule has 0 radical (unpaired) electrons. The van der Waals surface area contributed by atoms with Crippen LogP contribution in [-0.2, 0) is 6.42 Å². The number of nitrogens with one attached hydrogen (secondary N) is 1. The first-order valence-corrected chi connectivity index (χ1v) is 7.41. The van der Waals surface area contributed by atoms with E-state index >= 15 is 0 Å². The van der Waals surface area contributed by atoms with Gasteiger partial charge in [-0.3, -0.25) is 5.43 Å². The molecule has 3 nitrogen and oxygen atoms in total. The van der Waals surface area contributed by atoms with Crippen LogP contribution in [0.1, 0.15) is 15.3 Å². The van der Waals surface area contributed by atoms with E-state index < -0.39 is 0 Å². The van der Waals surface area contributed by atoms with E-state index in [0.29, 0.717) is 11.4 Å². The van der Waals surface area contributed by atoms with E-state index in [9.17, 15) is 0 Å². The maximum Gasteiger partial charge on any atom is 0.118 e. The highest BCUT2D eigenvalue weighted by atomic mass is 32.1. The molecule has 2 aromatic rings. The summed E-state index contributed by atoms with van der Waals surface area (Å²) in [6.07, 6.45) is 2.46. The third kappa shape index (κ3) is 4.43. The summed E-state index contributed by atoms with van der Waals surface area (Å²) < 4.78 is 5.12. The number of benzene rings is 1. The molecule has 0 aliphatic heterocycles. The number of rotatable bonds is 5. The Morgan fingerprint density at radius 3 is 2.65 bits per heavy atom. The zero-order chi connectivity index (χ0) is 14.4. The van der Waals surface area contributed by atoms with Crippen LogP contribution in [0, 0.1) is 6.92 Å². The van der Waals surface area contributed by atoms with Crippen LogP contribution in [0.15, 0.2) is 41.5 Å². The molecule has 0 aliphatic rings. The van der Waals surface area contributed by atoms with Crippen LogP contribution < -0.4 is 10.2 Å². The maximum atomic E-state index is 5.27. The molecule has 0 amide bonds. The van der Waals surface area contributed by atoms with E-state index in [1.807, 2.05) is 30.3 Å². The summed E-state index contributed by atoms with van der Waals surface area (Å²) in [6.45, 7) is 2.07. The molecule has 0 atom stereocenters. The van der Waals surface area contributed by atoms with E-state index in [2.05, 4.69) is 23.5 Å². The van der Waals surface area contributed by atoms with Gasteiger partial charge in [-0.2, -0.15) is 5.10 Å². The first-order chi connectivity index (χ1) is 9.67. The van der Waals surface area contributed by atoms with Crippen LogP contribution in [0.25, 0.3) is 0 Å². The molecule has 0 bridgehead atoms. The van der Waals surface area contributed by atoms with Gasteiger partial charge in [-0.05, 0) is 36.8 Å². The van der Waals surface area contributed by atoms with Crippen LogP contribution in [0.4, 0.5) is 0 Å². The van der Waals surface area contributed by atoms with E-state index in [1.165, 1.54) is 4.88 Å². The standard InChI is InChI=1S/C15H16N2OS2/c1-11-3-8-14(20-11)10-16-17-15(19)9-12-4-6-13(18-2)7-5-12/h3-8,10H,9H2,1-2H3,(H,17,19)/b16-10-. The number of thiocarbonyl (C=S) groups is 1. The van der Waals surface area contributed by atoms with E-state index in [0.717, 1.165) is 16.2 Å². The SMILES string of the molecule is COc1ccc(CC(=S)N/N=C\c2ccc(C)s2)cc1. The summed E-state index contributed by atoms with van der Waals surface area (Å²) in [6, 6.07) is 12.0. The Hall–Kier alpha value is -1.72. The summed E-state index contributed by atoms with van der Waals surface area (Å²) >= 11 is 6.97. The Morgan fingerprint density at radius 2 is 2.05 bits per heavy atom. The van der Waals surface area contributed by atoms with Crippen molar-refractivity contribution in [1.82, 2.24) is 5.43 Å². The molecule has 0 saturated carbocycles. The number of hydrazone groups is 1. The van der Waals surface area contributed by atoms with Gasteiger partial charge in [0.2, 0.25) is 0 Å². The van der Waals surface area contributed by atoms with Crippen molar-refractivity contribution < 1.29 is 4.74 Å². The van der Waals surface area contributed by atoms with Crippen molar-refractivity contribution in [2.45, 2.75) is 13.3 Å². The van der Waals surface area contributed by atoms with E-state index in [-0.39, 0.29) is 0 Å². The number of methoxy groups -OCH3 is 1. The average molecular weight is 304 g/mol. The maximum absolute atomic E-state index is 5.27. The number of hydrogen-bond acceptors (Lipinski definition) is 4. The smallest absolute Gasteiger partial charge is 0.118 e. The first-order valence-electron chi connectivity index (χ1n) is 6.18. The second kappa shape index (κ2) is 7.17. The second-order valence-corrected chi connectivity index (χ2v) is 6.08. The van der Waals surface area contributed by atoms with Gasteiger partial charge in [0.25, 0.3) is 0 Å². The van der Waals surface area contributed by atoms with Gasteiger partial charge in [-0.15, -0.1) is 11.3 Å². The summed E-state index contributed by atoms with van der Waals surface area (Å²) in [4.78, 5) is 3.08.